The molecule has 0 saturated heterocycles. The van der Waals surface area contributed by atoms with E-state index < -0.39 is 46.5 Å². The Bertz CT molecular complexity index is 856. The molecule has 174 valence electrons. The van der Waals surface area contributed by atoms with Gasteiger partial charge in [0.05, 0.1) is 17.9 Å². The first-order chi connectivity index (χ1) is 14.3. The third kappa shape index (κ3) is 9.85. The number of aliphatic hydroxyl groups is 1. The Morgan fingerprint density at radius 2 is 1.94 bits per heavy atom. The lowest BCUT2D eigenvalue weighted by Gasteiger charge is -2.29. The van der Waals surface area contributed by atoms with Crippen molar-refractivity contribution in [3.63, 3.8) is 0 Å². The van der Waals surface area contributed by atoms with Crippen molar-refractivity contribution in [2.45, 2.75) is 46.5 Å². The summed E-state index contributed by atoms with van der Waals surface area (Å²) >= 11 is 0. The summed E-state index contributed by atoms with van der Waals surface area (Å²) in [5, 5.41) is 12.7. The molecule has 0 saturated carbocycles. The minimum atomic E-state index is -3.93. The topological polar surface area (TPSA) is 158 Å². The average Bonchev–Trinajstić information content (AvgIpc) is 2.69. The zero-order valence-electron chi connectivity index (χ0n) is 17.9. The average molecular weight is 461 g/mol. The van der Waals surface area contributed by atoms with Crippen molar-refractivity contribution in [2.75, 3.05) is 18.9 Å². The zero-order valence-corrected chi connectivity index (χ0v) is 18.7. The molecule has 1 heterocycles. The van der Waals surface area contributed by atoms with Crippen molar-refractivity contribution in [1.82, 2.24) is 10.3 Å². The molecule has 11 nitrogen and oxygen atoms in total. The molecule has 1 unspecified atom stereocenters. The molecule has 2 N–H and O–H groups in total. The van der Waals surface area contributed by atoms with Gasteiger partial charge in [-0.05, 0) is 18.6 Å². The number of rotatable bonds is 12. The first-order valence-electron chi connectivity index (χ1n) is 9.45. The largest absolute Gasteiger partial charge is 0.424 e. The van der Waals surface area contributed by atoms with Crippen LogP contribution < -0.4 is 5.32 Å². The van der Waals surface area contributed by atoms with Crippen LogP contribution in [0.15, 0.2) is 24.5 Å². The van der Waals surface area contributed by atoms with E-state index in [0.717, 1.165) is 0 Å². The van der Waals surface area contributed by atoms with Gasteiger partial charge in [0.2, 0.25) is 12.2 Å². The van der Waals surface area contributed by atoms with Crippen LogP contribution in [0, 0.1) is 5.41 Å². The fourth-order valence-electron chi connectivity index (χ4n) is 2.17. The van der Waals surface area contributed by atoms with Crippen molar-refractivity contribution in [3.8, 4) is 0 Å². The van der Waals surface area contributed by atoms with E-state index in [9.17, 15) is 27.9 Å². The molecule has 1 rings (SSSR count). The highest BCUT2D eigenvalue weighted by molar-refractivity contribution is 7.86. The number of nitrogens with zero attached hydrogens (tertiary/aromatic N) is 1. The second-order valence-electron chi connectivity index (χ2n) is 7.40. The van der Waals surface area contributed by atoms with Crippen molar-refractivity contribution in [1.29, 1.82) is 0 Å². The van der Waals surface area contributed by atoms with Gasteiger partial charge in [0, 0.05) is 38.2 Å². The van der Waals surface area contributed by atoms with Crippen LogP contribution in [0.25, 0.3) is 0 Å². The van der Waals surface area contributed by atoms with Crippen molar-refractivity contribution >= 4 is 28.0 Å². The van der Waals surface area contributed by atoms with Gasteiger partial charge in [-0.25, -0.2) is 9.59 Å². The van der Waals surface area contributed by atoms with Crippen LogP contribution in [0.2, 0.25) is 0 Å². The van der Waals surface area contributed by atoms with E-state index in [1.165, 1.54) is 52.2 Å². The highest BCUT2D eigenvalue weighted by atomic mass is 32.2. The van der Waals surface area contributed by atoms with E-state index in [0.29, 0.717) is 0 Å². The number of hydrogen-bond donors (Lipinski definition) is 2. The lowest BCUT2D eigenvalue weighted by Crippen LogP contribution is -2.43. The Morgan fingerprint density at radius 3 is 2.52 bits per heavy atom. The van der Waals surface area contributed by atoms with Gasteiger partial charge in [-0.2, -0.15) is 8.42 Å². The molecule has 0 bridgehead atoms. The van der Waals surface area contributed by atoms with E-state index in [-0.39, 0.29) is 30.2 Å². The van der Waals surface area contributed by atoms with E-state index in [1.54, 1.807) is 0 Å². The van der Waals surface area contributed by atoms with Crippen LogP contribution in [0.4, 0.5) is 0 Å². The third-order valence-corrected chi connectivity index (χ3v) is 5.24. The smallest absolute Gasteiger partial charge is 0.342 e. The standard InChI is InChI=1S/C19H28N2O9S/c1-13(22)21-9-6-10-31(26,27)28-12-19(3,4)16(23)18(25)30-14(2)29-17(24)15-7-5-8-20-11-15/h5,7-8,11,14,16,23H,6,9-10,12H2,1-4H3,(H,21,22)/t14?,16-/m0/s1. The molecule has 2 atom stereocenters. The number of carbonyl (C=O) groups excluding carboxylic acids is 3. The van der Waals surface area contributed by atoms with Crippen molar-refractivity contribution in [2.24, 2.45) is 5.41 Å². The lowest BCUT2D eigenvalue weighted by molar-refractivity contribution is -0.182. The normalized spacial score (nSPS) is 13.7. The van der Waals surface area contributed by atoms with Crippen molar-refractivity contribution in [3.05, 3.63) is 30.1 Å². The fraction of sp³-hybridized carbons (Fsp3) is 0.579. The Balaban J connectivity index is 2.53. The Morgan fingerprint density at radius 1 is 1.26 bits per heavy atom. The minimum Gasteiger partial charge on any atom is -0.424 e. The van der Waals surface area contributed by atoms with Gasteiger partial charge in [-0.15, -0.1) is 0 Å². The number of hydrogen-bond acceptors (Lipinski definition) is 10. The Hall–Kier alpha value is -2.57. The third-order valence-electron chi connectivity index (χ3n) is 3.97. The van der Waals surface area contributed by atoms with Gasteiger partial charge >= 0.3 is 11.9 Å². The summed E-state index contributed by atoms with van der Waals surface area (Å²) in [6.45, 7) is 5.12. The summed E-state index contributed by atoms with van der Waals surface area (Å²) in [6, 6.07) is 3.00. The second kappa shape index (κ2) is 11.7. The van der Waals surface area contributed by atoms with Crippen LogP contribution in [-0.2, 0) is 33.4 Å². The Labute approximate surface area is 181 Å². The minimum absolute atomic E-state index is 0.146. The number of aliphatic hydroxyl groups excluding tert-OH is 1. The van der Waals surface area contributed by atoms with Gasteiger partial charge in [-0.3, -0.25) is 14.0 Å². The molecule has 31 heavy (non-hydrogen) atoms. The number of nitrogens with one attached hydrogen (secondary N) is 1. The van der Waals surface area contributed by atoms with Gasteiger partial charge in [0.15, 0.2) is 6.10 Å². The summed E-state index contributed by atoms with van der Waals surface area (Å²) in [4.78, 5) is 38.7. The van der Waals surface area contributed by atoms with Gasteiger partial charge in [0.25, 0.3) is 10.1 Å². The Kier molecular flexibility index (Phi) is 10.0. The van der Waals surface area contributed by atoms with Crippen molar-refractivity contribution < 1.29 is 41.6 Å². The predicted molar refractivity (Wildman–Crippen MR) is 108 cm³/mol. The van der Waals surface area contributed by atoms with E-state index in [4.69, 9.17) is 13.7 Å². The molecule has 0 aliphatic heterocycles. The summed E-state index contributed by atoms with van der Waals surface area (Å²) in [5.74, 6) is -2.49. The van der Waals surface area contributed by atoms with Gasteiger partial charge in [-0.1, -0.05) is 13.8 Å². The molecule has 0 aliphatic rings. The predicted octanol–water partition coefficient (Wildman–Crippen LogP) is 0.387. The summed E-state index contributed by atoms with van der Waals surface area (Å²) in [7, 11) is -3.93. The van der Waals surface area contributed by atoms with Crippen LogP contribution in [0.3, 0.4) is 0 Å². The monoisotopic (exact) mass is 460 g/mol. The highest BCUT2D eigenvalue weighted by Crippen LogP contribution is 2.24. The second-order valence-corrected chi connectivity index (χ2v) is 9.16. The quantitative estimate of drug-likeness (QED) is 0.193. The molecule has 0 aliphatic carbocycles. The molecular formula is C19H28N2O9S. The maximum absolute atomic E-state index is 12.2. The molecule has 1 aromatic heterocycles. The summed E-state index contributed by atoms with van der Waals surface area (Å²) in [6.07, 6.45) is -0.148. The SMILES string of the molecule is CC(=O)NCCCS(=O)(=O)OCC(C)(C)[C@@H](O)C(=O)OC(C)OC(=O)c1cccnc1. The van der Waals surface area contributed by atoms with Crippen LogP contribution >= 0.6 is 0 Å². The summed E-state index contributed by atoms with van der Waals surface area (Å²) < 4.78 is 38.7. The number of carbonyl (C=O) groups is 3. The first kappa shape index (κ1) is 26.5. The number of pyridine rings is 1. The molecule has 12 heteroatoms. The number of amides is 1. The highest BCUT2D eigenvalue weighted by Gasteiger charge is 2.37. The van der Waals surface area contributed by atoms with Crippen LogP contribution in [-0.4, -0.2) is 67.7 Å². The maximum Gasteiger partial charge on any atom is 0.342 e. The molecule has 0 aromatic carbocycles. The molecule has 0 radical (unpaired) electrons. The number of ether oxygens (including phenoxy) is 2. The van der Waals surface area contributed by atoms with E-state index in [2.05, 4.69) is 10.3 Å². The van der Waals surface area contributed by atoms with E-state index >= 15 is 0 Å². The van der Waals surface area contributed by atoms with E-state index in [1.807, 2.05) is 0 Å². The number of esters is 2. The molecular weight excluding hydrogens is 432 g/mol. The van der Waals surface area contributed by atoms with Gasteiger partial charge in [0.1, 0.15) is 0 Å². The maximum atomic E-state index is 12.2. The summed E-state index contributed by atoms with van der Waals surface area (Å²) in [5.41, 5.74) is -1.17. The zero-order chi connectivity index (χ0) is 23.7. The molecule has 0 spiro atoms. The lowest BCUT2D eigenvalue weighted by atomic mass is 9.88. The number of aromatic nitrogens is 1. The fourth-order valence-corrected chi connectivity index (χ4v) is 3.27. The molecule has 1 aromatic rings. The van der Waals surface area contributed by atoms with Gasteiger partial charge < -0.3 is 19.9 Å². The van der Waals surface area contributed by atoms with Crippen LogP contribution in [0.5, 0.6) is 0 Å². The van der Waals surface area contributed by atoms with Crippen LogP contribution in [0.1, 0.15) is 44.5 Å². The molecule has 0 fully saturated rings. The molecule has 1 amide bonds. The first-order valence-corrected chi connectivity index (χ1v) is 11.0.